The number of nitrogens with zero attached hydrogens (tertiary/aromatic N) is 1. The molecule has 1 N–H and O–H groups in total. The number of hydrogen-bond acceptors (Lipinski definition) is 3. The van der Waals surface area contributed by atoms with Gasteiger partial charge in [-0.15, -0.1) is 0 Å². The van der Waals surface area contributed by atoms with Gasteiger partial charge < -0.3 is 10.1 Å². The maximum Gasteiger partial charge on any atom is 0.251 e. The summed E-state index contributed by atoms with van der Waals surface area (Å²) in [7, 11) is 1.64. The molecule has 3 rings (SSSR count). The number of nitrogens with one attached hydrogen (secondary N) is 1. The topological polar surface area (TPSA) is 41.6 Å². The van der Waals surface area contributed by atoms with Crippen LogP contribution in [-0.4, -0.2) is 42.6 Å². The van der Waals surface area contributed by atoms with Gasteiger partial charge in [-0.05, 0) is 62.9 Å². The molecule has 0 unspecified atom stereocenters. The first kappa shape index (κ1) is 16.3. The molecule has 1 amide bonds. The van der Waals surface area contributed by atoms with Gasteiger partial charge in [-0.1, -0.05) is 13.3 Å². The van der Waals surface area contributed by atoms with E-state index in [0.29, 0.717) is 23.7 Å². The van der Waals surface area contributed by atoms with E-state index in [1.807, 2.05) is 24.3 Å². The van der Waals surface area contributed by atoms with E-state index in [-0.39, 0.29) is 5.91 Å². The van der Waals surface area contributed by atoms with Crippen molar-refractivity contribution in [1.82, 2.24) is 10.2 Å². The van der Waals surface area contributed by atoms with Crippen LogP contribution in [0.25, 0.3) is 0 Å². The third kappa shape index (κ3) is 3.69. The van der Waals surface area contributed by atoms with Crippen LogP contribution in [0.3, 0.4) is 0 Å². The normalized spacial score (nSPS) is 27.5. The summed E-state index contributed by atoms with van der Waals surface area (Å²) in [4.78, 5) is 15.2. The molecular formula is C19H28N2O2. The summed E-state index contributed by atoms with van der Waals surface area (Å²) < 4.78 is 5.15. The van der Waals surface area contributed by atoms with Crippen LogP contribution in [0.5, 0.6) is 5.75 Å². The summed E-state index contributed by atoms with van der Waals surface area (Å²) in [5, 5.41) is 3.26. The Morgan fingerprint density at radius 1 is 1.22 bits per heavy atom. The number of methoxy groups -OCH3 is 1. The number of carbonyl (C=O) groups excluding carboxylic acids is 1. The summed E-state index contributed by atoms with van der Waals surface area (Å²) in [5.74, 6) is 0.823. The molecule has 23 heavy (non-hydrogen) atoms. The van der Waals surface area contributed by atoms with Gasteiger partial charge in [-0.25, -0.2) is 0 Å². The lowest BCUT2D eigenvalue weighted by atomic mass is 9.81. The minimum atomic E-state index is 0.0414. The van der Waals surface area contributed by atoms with Gasteiger partial charge in [0.1, 0.15) is 5.75 Å². The summed E-state index contributed by atoms with van der Waals surface area (Å²) in [6.45, 7) is 3.46. The van der Waals surface area contributed by atoms with Crippen molar-refractivity contribution in [3.8, 4) is 5.75 Å². The Morgan fingerprint density at radius 3 is 2.43 bits per heavy atom. The fourth-order valence-corrected chi connectivity index (χ4v) is 4.23. The summed E-state index contributed by atoms with van der Waals surface area (Å²) in [5.41, 5.74) is 0.715. The fourth-order valence-electron chi connectivity index (χ4n) is 4.23. The standard InChI is InChI=1S/C19H28N2O2/c1-3-11-21-16-5-4-6-17(21)13-15(12-16)20-19(22)14-7-9-18(23-2)10-8-14/h7-10,15-17H,3-6,11-13H2,1-2H3,(H,20,22)/t16-,17-/m0/s1. The van der Waals surface area contributed by atoms with E-state index >= 15 is 0 Å². The minimum absolute atomic E-state index is 0.0414. The molecule has 4 nitrogen and oxygen atoms in total. The van der Waals surface area contributed by atoms with E-state index in [9.17, 15) is 4.79 Å². The maximum atomic E-state index is 12.5. The number of piperidine rings is 2. The first-order valence-electron chi connectivity index (χ1n) is 8.92. The monoisotopic (exact) mass is 316 g/mol. The van der Waals surface area contributed by atoms with Crippen LogP contribution in [0.2, 0.25) is 0 Å². The Morgan fingerprint density at radius 2 is 1.87 bits per heavy atom. The summed E-state index contributed by atoms with van der Waals surface area (Å²) >= 11 is 0. The molecule has 0 aromatic heterocycles. The minimum Gasteiger partial charge on any atom is -0.497 e. The van der Waals surface area contributed by atoms with Crippen LogP contribution in [0.1, 0.15) is 55.8 Å². The maximum absolute atomic E-state index is 12.5. The van der Waals surface area contributed by atoms with E-state index < -0.39 is 0 Å². The van der Waals surface area contributed by atoms with Crippen LogP contribution in [0, 0.1) is 0 Å². The molecule has 0 spiro atoms. The highest BCUT2D eigenvalue weighted by Gasteiger charge is 2.38. The number of amides is 1. The highest BCUT2D eigenvalue weighted by atomic mass is 16.5. The van der Waals surface area contributed by atoms with Gasteiger partial charge in [-0.2, -0.15) is 0 Å². The largest absolute Gasteiger partial charge is 0.497 e. The molecule has 2 aliphatic rings. The second-order valence-corrected chi connectivity index (χ2v) is 6.85. The molecule has 0 aliphatic carbocycles. The predicted molar refractivity (Wildman–Crippen MR) is 91.9 cm³/mol. The van der Waals surface area contributed by atoms with Crippen LogP contribution in [0.15, 0.2) is 24.3 Å². The molecule has 126 valence electrons. The number of fused-ring (bicyclic) bond motifs is 2. The molecule has 0 radical (unpaired) electrons. The molecule has 1 aromatic carbocycles. The van der Waals surface area contributed by atoms with Gasteiger partial charge in [0, 0.05) is 23.7 Å². The third-order valence-corrected chi connectivity index (χ3v) is 5.30. The molecule has 2 saturated heterocycles. The second kappa shape index (κ2) is 7.35. The Kier molecular flexibility index (Phi) is 5.21. The third-order valence-electron chi connectivity index (χ3n) is 5.30. The van der Waals surface area contributed by atoms with Crippen molar-refractivity contribution in [3.05, 3.63) is 29.8 Å². The Bertz CT molecular complexity index is 515. The average Bonchev–Trinajstić information content (AvgIpc) is 2.56. The number of benzene rings is 1. The molecule has 0 saturated carbocycles. The lowest BCUT2D eigenvalue weighted by Crippen LogP contribution is -2.57. The van der Waals surface area contributed by atoms with Crippen molar-refractivity contribution in [2.45, 2.75) is 63.6 Å². The first-order chi connectivity index (χ1) is 11.2. The molecule has 1 aromatic rings. The smallest absolute Gasteiger partial charge is 0.251 e. The zero-order valence-corrected chi connectivity index (χ0v) is 14.3. The highest BCUT2D eigenvalue weighted by Crippen LogP contribution is 2.34. The quantitative estimate of drug-likeness (QED) is 0.907. The molecular weight excluding hydrogens is 288 g/mol. The zero-order chi connectivity index (χ0) is 16.2. The molecule has 2 heterocycles. The van der Waals surface area contributed by atoms with E-state index in [1.54, 1.807) is 7.11 Å². The lowest BCUT2D eigenvalue weighted by molar-refractivity contribution is 0.0245. The van der Waals surface area contributed by atoms with Crippen molar-refractivity contribution in [2.24, 2.45) is 0 Å². The number of rotatable bonds is 5. The SMILES string of the molecule is CCCN1[C@H]2CCC[C@H]1CC(NC(=O)c1ccc(OC)cc1)C2. The summed E-state index contributed by atoms with van der Waals surface area (Å²) in [6.07, 6.45) is 7.32. The summed E-state index contributed by atoms with van der Waals surface area (Å²) in [6, 6.07) is 8.98. The lowest BCUT2D eigenvalue weighted by Gasteiger charge is -2.49. The van der Waals surface area contributed by atoms with Crippen molar-refractivity contribution >= 4 is 5.91 Å². The van der Waals surface area contributed by atoms with Crippen LogP contribution < -0.4 is 10.1 Å². The Hall–Kier alpha value is -1.55. The van der Waals surface area contributed by atoms with E-state index in [2.05, 4.69) is 17.1 Å². The Balaban J connectivity index is 1.61. The van der Waals surface area contributed by atoms with Crippen LogP contribution >= 0.6 is 0 Å². The van der Waals surface area contributed by atoms with Gasteiger partial charge in [-0.3, -0.25) is 9.69 Å². The number of carbonyl (C=O) groups is 1. The van der Waals surface area contributed by atoms with Gasteiger partial charge in [0.15, 0.2) is 0 Å². The molecule has 2 atom stereocenters. The fraction of sp³-hybridized carbons (Fsp3) is 0.632. The van der Waals surface area contributed by atoms with Crippen molar-refractivity contribution in [1.29, 1.82) is 0 Å². The van der Waals surface area contributed by atoms with Crippen molar-refractivity contribution in [3.63, 3.8) is 0 Å². The average molecular weight is 316 g/mol. The van der Waals surface area contributed by atoms with Crippen LogP contribution in [-0.2, 0) is 0 Å². The highest BCUT2D eigenvalue weighted by molar-refractivity contribution is 5.94. The van der Waals surface area contributed by atoms with Gasteiger partial charge in [0.2, 0.25) is 0 Å². The molecule has 2 bridgehead atoms. The van der Waals surface area contributed by atoms with E-state index in [4.69, 9.17) is 4.74 Å². The second-order valence-electron chi connectivity index (χ2n) is 6.85. The van der Waals surface area contributed by atoms with E-state index in [0.717, 1.165) is 18.6 Å². The Labute approximate surface area is 139 Å². The van der Waals surface area contributed by atoms with Crippen LogP contribution in [0.4, 0.5) is 0 Å². The predicted octanol–water partition coefficient (Wildman–Crippen LogP) is 3.22. The molecule has 2 aliphatic heterocycles. The van der Waals surface area contributed by atoms with Crippen molar-refractivity contribution in [2.75, 3.05) is 13.7 Å². The van der Waals surface area contributed by atoms with E-state index in [1.165, 1.54) is 32.2 Å². The van der Waals surface area contributed by atoms with Crippen molar-refractivity contribution < 1.29 is 9.53 Å². The molecule has 2 fully saturated rings. The van der Waals surface area contributed by atoms with Gasteiger partial charge >= 0.3 is 0 Å². The zero-order valence-electron chi connectivity index (χ0n) is 14.3. The number of hydrogen-bond donors (Lipinski definition) is 1. The molecule has 4 heteroatoms. The van der Waals surface area contributed by atoms with Gasteiger partial charge in [0.05, 0.1) is 7.11 Å². The van der Waals surface area contributed by atoms with Gasteiger partial charge in [0.25, 0.3) is 5.91 Å². The number of ether oxygens (including phenoxy) is 1. The first-order valence-corrected chi connectivity index (χ1v) is 8.92.